The molecule has 0 amide bonds. The van der Waals surface area contributed by atoms with Gasteiger partial charge in [0.1, 0.15) is 0 Å². The Morgan fingerprint density at radius 3 is 2.47 bits per heavy atom. The highest BCUT2D eigenvalue weighted by molar-refractivity contribution is 5.70. The summed E-state index contributed by atoms with van der Waals surface area (Å²) in [5, 5.41) is 10.7. The van der Waals surface area contributed by atoms with Gasteiger partial charge in [-0.25, -0.2) is 0 Å². The average molecular weight is 263 g/mol. The van der Waals surface area contributed by atoms with Gasteiger partial charge in [0.15, 0.2) is 11.5 Å². The first kappa shape index (κ1) is 12.3. The molecule has 0 radical (unpaired) electrons. The van der Waals surface area contributed by atoms with E-state index >= 15 is 0 Å². The molecular formula is C14H17NO4. The van der Waals surface area contributed by atoms with E-state index in [0.29, 0.717) is 18.0 Å². The molecule has 0 saturated heterocycles. The number of para-hydroxylation sites is 2. The fraction of sp³-hybridized carbons (Fsp3) is 0.500. The van der Waals surface area contributed by atoms with Crippen molar-refractivity contribution < 1.29 is 19.6 Å². The molecule has 1 heterocycles. The number of fused-ring (bicyclic) bond motifs is 1. The molecule has 5 heteroatoms. The molecule has 1 N–H and O–H groups in total. The third-order valence-corrected chi connectivity index (χ3v) is 3.86. The van der Waals surface area contributed by atoms with E-state index in [1.165, 1.54) is 5.23 Å². The van der Waals surface area contributed by atoms with Crippen molar-refractivity contribution in [2.45, 2.75) is 25.7 Å². The summed E-state index contributed by atoms with van der Waals surface area (Å²) in [5.41, 5.74) is 0. The van der Waals surface area contributed by atoms with Crippen molar-refractivity contribution >= 4 is 5.97 Å². The molecule has 1 aliphatic heterocycles. The minimum atomic E-state index is -0.707. The summed E-state index contributed by atoms with van der Waals surface area (Å²) < 4.78 is 0. The van der Waals surface area contributed by atoms with Gasteiger partial charge in [-0.1, -0.05) is 25.0 Å². The van der Waals surface area contributed by atoms with Gasteiger partial charge in [0, 0.05) is 5.23 Å². The minimum Gasteiger partial charge on any atom is -0.481 e. The lowest BCUT2D eigenvalue weighted by Crippen LogP contribution is -2.38. The van der Waals surface area contributed by atoms with E-state index in [2.05, 4.69) is 0 Å². The molecule has 0 bridgehead atoms. The van der Waals surface area contributed by atoms with Crippen LogP contribution in [0.5, 0.6) is 11.5 Å². The van der Waals surface area contributed by atoms with Crippen LogP contribution in [0.3, 0.4) is 0 Å². The van der Waals surface area contributed by atoms with Crippen molar-refractivity contribution in [1.82, 2.24) is 5.23 Å². The first-order chi connectivity index (χ1) is 9.24. The average Bonchev–Trinajstić information content (AvgIpc) is 2.81. The van der Waals surface area contributed by atoms with Gasteiger partial charge in [-0.05, 0) is 30.9 Å². The number of rotatable bonds is 3. The molecule has 1 aliphatic carbocycles. The molecule has 1 saturated carbocycles. The van der Waals surface area contributed by atoms with Gasteiger partial charge in [0.25, 0.3) is 0 Å². The number of carboxylic acids is 1. The Morgan fingerprint density at radius 2 is 1.84 bits per heavy atom. The topological polar surface area (TPSA) is 59.0 Å². The Bertz CT molecular complexity index is 451. The van der Waals surface area contributed by atoms with E-state index < -0.39 is 5.97 Å². The van der Waals surface area contributed by atoms with Crippen molar-refractivity contribution in [2.24, 2.45) is 11.8 Å². The summed E-state index contributed by atoms with van der Waals surface area (Å²) in [6.45, 7) is 0.492. The van der Waals surface area contributed by atoms with Crippen LogP contribution in [0.2, 0.25) is 0 Å². The second-order valence-electron chi connectivity index (χ2n) is 5.13. The number of carboxylic acid groups (broad SMARTS) is 1. The Labute approximate surface area is 111 Å². The molecule has 0 spiro atoms. The first-order valence-electron chi connectivity index (χ1n) is 6.69. The lowest BCUT2D eigenvalue weighted by atomic mass is 9.79. The number of nitrogens with zero attached hydrogens (tertiary/aromatic N) is 1. The summed E-state index contributed by atoms with van der Waals surface area (Å²) in [4.78, 5) is 22.4. The maximum atomic E-state index is 11.3. The zero-order chi connectivity index (χ0) is 13.2. The van der Waals surface area contributed by atoms with Gasteiger partial charge < -0.3 is 14.8 Å². The number of hydrogen-bond acceptors (Lipinski definition) is 4. The first-order valence-corrected chi connectivity index (χ1v) is 6.69. The van der Waals surface area contributed by atoms with E-state index in [4.69, 9.17) is 9.68 Å². The fourth-order valence-corrected chi connectivity index (χ4v) is 2.86. The lowest BCUT2D eigenvalue weighted by molar-refractivity contribution is -0.236. The largest absolute Gasteiger partial charge is 0.481 e. The van der Waals surface area contributed by atoms with E-state index in [0.717, 1.165) is 25.7 Å². The van der Waals surface area contributed by atoms with Crippen LogP contribution in [0.1, 0.15) is 25.7 Å². The summed E-state index contributed by atoms with van der Waals surface area (Å²) in [7, 11) is 0. The molecular weight excluding hydrogens is 246 g/mol. The van der Waals surface area contributed by atoms with Gasteiger partial charge in [-0.2, -0.15) is 0 Å². The Balaban J connectivity index is 1.64. The number of benzene rings is 1. The van der Waals surface area contributed by atoms with Crippen LogP contribution in [0, 0.1) is 11.8 Å². The third-order valence-electron chi connectivity index (χ3n) is 3.86. The third kappa shape index (κ3) is 2.51. The van der Waals surface area contributed by atoms with Crippen LogP contribution in [-0.4, -0.2) is 22.8 Å². The van der Waals surface area contributed by atoms with E-state index in [9.17, 15) is 9.90 Å². The van der Waals surface area contributed by atoms with E-state index in [1.807, 2.05) is 24.3 Å². The highest BCUT2D eigenvalue weighted by Crippen LogP contribution is 2.36. The van der Waals surface area contributed by atoms with Crippen molar-refractivity contribution in [3.8, 4) is 11.5 Å². The Hall–Kier alpha value is -1.75. The molecule has 102 valence electrons. The number of hydrogen-bond donors (Lipinski definition) is 1. The lowest BCUT2D eigenvalue weighted by Gasteiger charge is -2.29. The van der Waals surface area contributed by atoms with Crippen LogP contribution < -0.4 is 9.68 Å². The number of hydroxylamine groups is 2. The van der Waals surface area contributed by atoms with E-state index in [-0.39, 0.29) is 11.8 Å². The van der Waals surface area contributed by atoms with Crippen molar-refractivity contribution in [3.63, 3.8) is 0 Å². The smallest absolute Gasteiger partial charge is 0.306 e. The van der Waals surface area contributed by atoms with Gasteiger partial charge in [0.05, 0.1) is 12.5 Å². The predicted molar refractivity (Wildman–Crippen MR) is 67.5 cm³/mol. The van der Waals surface area contributed by atoms with Crippen molar-refractivity contribution in [2.75, 3.05) is 6.54 Å². The minimum absolute atomic E-state index is 0.0839. The highest BCUT2D eigenvalue weighted by Gasteiger charge is 2.35. The SMILES string of the molecule is O=C(O)C1CCCCC1CN1Oc2ccccc2O1. The molecule has 5 nitrogen and oxygen atoms in total. The van der Waals surface area contributed by atoms with Crippen LogP contribution in [0.25, 0.3) is 0 Å². The Morgan fingerprint density at radius 1 is 1.21 bits per heavy atom. The van der Waals surface area contributed by atoms with Crippen LogP contribution >= 0.6 is 0 Å². The summed E-state index contributed by atoms with van der Waals surface area (Å²) >= 11 is 0. The molecule has 19 heavy (non-hydrogen) atoms. The predicted octanol–water partition coefficient (Wildman–Crippen LogP) is 2.48. The monoisotopic (exact) mass is 263 g/mol. The van der Waals surface area contributed by atoms with Gasteiger partial charge in [-0.3, -0.25) is 4.79 Å². The van der Waals surface area contributed by atoms with Crippen molar-refractivity contribution in [3.05, 3.63) is 24.3 Å². The maximum Gasteiger partial charge on any atom is 0.306 e. The quantitative estimate of drug-likeness (QED) is 0.907. The maximum absolute atomic E-state index is 11.3. The van der Waals surface area contributed by atoms with Gasteiger partial charge >= 0.3 is 5.97 Å². The normalized spacial score (nSPS) is 26.3. The summed E-state index contributed by atoms with van der Waals surface area (Å²) in [6.07, 6.45) is 3.74. The number of carbonyl (C=O) groups is 1. The summed E-state index contributed by atoms with van der Waals surface area (Å²) in [5.74, 6) is 0.460. The molecule has 1 fully saturated rings. The van der Waals surface area contributed by atoms with Crippen LogP contribution in [0.4, 0.5) is 0 Å². The molecule has 3 rings (SSSR count). The van der Waals surface area contributed by atoms with Crippen LogP contribution in [0.15, 0.2) is 24.3 Å². The standard InChI is InChI=1S/C14H17NO4/c16-14(17)11-6-2-1-5-10(11)9-15-18-12-7-3-4-8-13(12)19-15/h3-4,7-8,10-11H,1-2,5-6,9H2,(H,16,17). The molecule has 2 unspecified atom stereocenters. The van der Waals surface area contributed by atoms with Gasteiger partial charge in [-0.15, -0.1) is 0 Å². The van der Waals surface area contributed by atoms with Gasteiger partial charge in [0.2, 0.25) is 0 Å². The van der Waals surface area contributed by atoms with Crippen LogP contribution in [-0.2, 0) is 4.79 Å². The molecule has 1 aromatic rings. The molecule has 2 atom stereocenters. The second-order valence-corrected chi connectivity index (χ2v) is 5.13. The van der Waals surface area contributed by atoms with Crippen molar-refractivity contribution in [1.29, 1.82) is 0 Å². The van der Waals surface area contributed by atoms with E-state index in [1.54, 1.807) is 0 Å². The highest BCUT2D eigenvalue weighted by atomic mass is 17.0. The molecule has 0 aromatic heterocycles. The molecule has 2 aliphatic rings. The Kier molecular flexibility index (Phi) is 3.29. The zero-order valence-corrected chi connectivity index (χ0v) is 10.6. The summed E-state index contributed by atoms with van der Waals surface area (Å²) in [6, 6.07) is 7.44. The fourth-order valence-electron chi connectivity index (χ4n) is 2.86. The zero-order valence-electron chi connectivity index (χ0n) is 10.6. The number of aliphatic carboxylic acids is 1. The second kappa shape index (κ2) is 5.09. The molecule has 1 aromatic carbocycles.